The van der Waals surface area contributed by atoms with Gasteiger partial charge in [-0.3, -0.25) is 15.2 Å². The third-order valence-corrected chi connectivity index (χ3v) is 2.08. The number of nitro groups is 1. The van der Waals surface area contributed by atoms with E-state index in [4.69, 9.17) is 5.73 Å². The van der Waals surface area contributed by atoms with Crippen LogP contribution in [0.1, 0.15) is 5.82 Å². The zero-order valence-electron chi connectivity index (χ0n) is 8.47. The van der Waals surface area contributed by atoms with Crippen molar-refractivity contribution in [1.29, 1.82) is 0 Å². The molecule has 1 aromatic carbocycles. The number of benzene rings is 1. The van der Waals surface area contributed by atoms with Crippen LogP contribution >= 0.6 is 0 Å². The van der Waals surface area contributed by atoms with Gasteiger partial charge in [0, 0.05) is 23.4 Å². The van der Waals surface area contributed by atoms with E-state index in [9.17, 15) is 10.1 Å². The van der Waals surface area contributed by atoms with Crippen molar-refractivity contribution >= 4 is 11.4 Å². The van der Waals surface area contributed by atoms with Gasteiger partial charge in [-0.2, -0.15) is 5.10 Å². The number of nitrogen functional groups attached to an aromatic ring is 1. The van der Waals surface area contributed by atoms with Gasteiger partial charge in [0.15, 0.2) is 5.82 Å². The van der Waals surface area contributed by atoms with Crippen LogP contribution in [0, 0.1) is 17.0 Å². The van der Waals surface area contributed by atoms with Crippen LogP contribution in [-0.2, 0) is 0 Å². The molecule has 0 aliphatic heterocycles. The second-order valence-corrected chi connectivity index (χ2v) is 3.27. The molecule has 0 spiro atoms. The predicted octanol–water partition coefficient (Wildman–Crippen LogP) is 1.27. The zero-order chi connectivity index (χ0) is 11.7. The Morgan fingerprint density at radius 3 is 2.75 bits per heavy atom. The molecule has 7 heteroatoms. The number of H-pyrrole nitrogens is 1. The fourth-order valence-electron chi connectivity index (χ4n) is 1.33. The first-order chi connectivity index (χ1) is 7.58. The van der Waals surface area contributed by atoms with Crippen LogP contribution in [0.25, 0.3) is 11.4 Å². The van der Waals surface area contributed by atoms with Crippen LogP contribution in [0.2, 0.25) is 0 Å². The quantitative estimate of drug-likeness (QED) is 0.449. The normalized spacial score (nSPS) is 10.3. The Labute approximate surface area is 90.5 Å². The molecule has 1 aromatic heterocycles. The second-order valence-electron chi connectivity index (χ2n) is 3.27. The van der Waals surface area contributed by atoms with Gasteiger partial charge in [-0.15, -0.1) is 0 Å². The predicted molar refractivity (Wildman–Crippen MR) is 57.6 cm³/mol. The molecule has 0 radical (unpaired) electrons. The topological polar surface area (TPSA) is 111 Å². The van der Waals surface area contributed by atoms with E-state index in [0.29, 0.717) is 17.2 Å². The van der Waals surface area contributed by atoms with E-state index in [1.54, 1.807) is 6.92 Å². The summed E-state index contributed by atoms with van der Waals surface area (Å²) in [6.07, 6.45) is 0. The summed E-state index contributed by atoms with van der Waals surface area (Å²) in [5, 5.41) is 17.1. The highest BCUT2D eigenvalue weighted by Crippen LogP contribution is 2.26. The molecule has 2 aromatic rings. The standard InChI is InChI=1S/C9H9N5O2/c1-5-11-9(13-12-5)7-3-2-6(14(15)16)4-8(7)10/h2-4H,10H2,1H3,(H,11,12,13). The molecule has 0 saturated heterocycles. The molecule has 82 valence electrons. The molecular formula is C9H9N5O2. The summed E-state index contributed by atoms with van der Waals surface area (Å²) in [4.78, 5) is 14.1. The molecule has 0 atom stereocenters. The van der Waals surface area contributed by atoms with E-state index in [1.165, 1.54) is 18.2 Å². The number of non-ortho nitro benzene ring substituents is 1. The number of nitrogens with two attached hydrogens (primary N) is 1. The van der Waals surface area contributed by atoms with Crippen LogP contribution in [0.5, 0.6) is 0 Å². The minimum Gasteiger partial charge on any atom is -0.398 e. The molecule has 3 N–H and O–H groups in total. The van der Waals surface area contributed by atoms with Crippen LogP contribution in [0.15, 0.2) is 18.2 Å². The Morgan fingerprint density at radius 2 is 2.25 bits per heavy atom. The highest BCUT2D eigenvalue weighted by Gasteiger charge is 2.12. The van der Waals surface area contributed by atoms with Gasteiger partial charge in [-0.1, -0.05) is 0 Å². The van der Waals surface area contributed by atoms with Crippen molar-refractivity contribution in [2.75, 3.05) is 5.73 Å². The first-order valence-electron chi connectivity index (χ1n) is 4.51. The number of hydrogen-bond donors (Lipinski definition) is 2. The first kappa shape index (κ1) is 10.1. The second kappa shape index (κ2) is 3.61. The Morgan fingerprint density at radius 1 is 1.50 bits per heavy atom. The van der Waals surface area contributed by atoms with E-state index < -0.39 is 4.92 Å². The number of hydrogen-bond acceptors (Lipinski definition) is 5. The summed E-state index contributed by atoms with van der Waals surface area (Å²) in [7, 11) is 0. The maximum Gasteiger partial charge on any atom is 0.271 e. The van der Waals surface area contributed by atoms with E-state index in [-0.39, 0.29) is 11.4 Å². The van der Waals surface area contributed by atoms with Gasteiger partial charge in [-0.05, 0) is 13.0 Å². The highest BCUT2D eigenvalue weighted by atomic mass is 16.6. The Hall–Kier alpha value is -2.44. The first-order valence-corrected chi connectivity index (χ1v) is 4.51. The lowest BCUT2D eigenvalue weighted by molar-refractivity contribution is -0.384. The molecule has 0 aliphatic rings. The minimum atomic E-state index is -0.497. The SMILES string of the molecule is Cc1nc(-c2ccc([N+](=O)[O-])cc2N)n[nH]1. The van der Waals surface area contributed by atoms with Crippen LogP contribution in [0.4, 0.5) is 11.4 Å². The summed E-state index contributed by atoms with van der Waals surface area (Å²) in [5.74, 6) is 1.10. The molecule has 0 saturated carbocycles. The Kier molecular flexibility index (Phi) is 2.28. The molecule has 2 rings (SSSR count). The monoisotopic (exact) mass is 219 g/mol. The molecule has 0 fully saturated rings. The summed E-state index contributed by atoms with van der Waals surface area (Å²) in [6.45, 7) is 1.76. The summed E-state index contributed by atoms with van der Waals surface area (Å²) in [6, 6.07) is 4.20. The lowest BCUT2D eigenvalue weighted by Crippen LogP contribution is -1.95. The zero-order valence-corrected chi connectivity index (χ0v) is 8.47. The lowest BCUT2D eigenvalue weighted by Gasteiger charge is -2.00. The van der Waals surface area contributed by atoms with Crippen molar-refractivity contribution in [1.82, 2.24) is 15.2 Å². The van der Waals surface area contributed by atoms with Crippen LogP contribution < -0.4 is 5.73 Å². The third-order valence-electron chi connectivity index (χ3n) is 2.08. The summed E-state index contributed by atoms with van der Waals surface area (Å²) >= 11 is 0. The number of aromatic nitrogens is 3. The fourth-order valence-corrected chi connectivity index (χ4v) is 1.33. The number of rotatable bonds is 2. The number of nitrogens with one attached hydrogen (secondary N) is 1. The van der Waals surface area contributed by atoms with Crippen molar-refractivity contribution in [3.8, 4) is 11.4 Å². The third kappa shape index (κ3) is 1.70. The highest BCUT2D eigenvalue weighted by molar-refractivity contribution is 5.73. The molecule has 7 nitrogen and oxygen atoms in total. The van der Waals surface area contributed by atoms with Gasteiger partial charge >= 0.3 is 0 Å². The lowest BCUT2D eigenvalue weighted by atomic mass is 10.1. The minimum absolute atomic E-state index is 0.0477. The van der Waals surface area contributed by atoms with Gasteiger partial charge < -0.3 is 5.73 Å². The smallest absolute Gasteiger partial charge is 0.271 e. The van der Waals surface area contributed by atoms with E-state index >= 15 is 0 Å². The van der Waals surface area contributed by atoms with Gasteiger partial charge in [0.05, 0.1) is 4.92 Å². The van der Waals surface area contributed by atoms with Crippen molar-refractivity contribution in [2.45, 2.75) is 6.92 Å². The molecule has 16 heavy (non-hydrogen) atoms. The molecular weight excluding hydrogens is 210 g/mol. The van der Waals surface area contributed by atoms with Gasteiger partial charge in [0.2, 0.25) is 0 Å². The maximum atomic E-state index is 10.5. The molecule has 0 amide bonds. The van der Waals surface area contributed by atoms with Crippen molar-refractivity contribution < 1.29 is 4.92 Å². The number of aryl methyl sites for hydroxylation is 1. The maximum absolute atomic E-state index is 10.5. The van der Waals surface area contributed by atoms with Gasteiger partial charge in [0.1, 0.15) is 5.82 Å². The van der Waals surface area contributed by atoms with Gasteiger partial charge in [0.25, 0.3) is 5.69 Å². The molecule has 0 bridgehead atoms. The Balaban J connectivity index is 2.47. The van der Waals surface area contributed by atoms with Crippen molar-refractivity contribution in [3.63, 3.8) is 0 Å². The van der Waals surface area contributed by atoms with E-state index in [1.807, 2.05) is 0 Å². The number of nitro benzene ring substituents is 1. The van der Waals surface area contributed by atoms with Gasteiger partial charge in [-0.25, -0.2) is 4.98 Å². The average Bonchev–Trinajstić information content (AvgIpc) is 2.64. The number of nitrogens with zero attached hydrogens (tertiary/aromatic N) is 3. The molecule has 0 unspecified atom stereocenters. The molecule has 0 aliphatic carbocycles. The van der Waals surface area contributed by atoms with Crippen LogP contribution in [-0.4, -0.2) is 20.1 Å². The largest absolute Gasteiger partial charge is 0.398 e. The van der Waals surface area contributed by atoms with E-state index in [0.717, 1.165) is 0 Å². The fraction of sp³-hybridized carbons (Fsp3) is 0.111. The summed E-state index contributed by atoms with van der Waals surface area (Å²) < 4.78 is 0. The van der Waals surface area contributed by atoms with Crippen LogP contribution in [0.3, 0.4) is 0 Å². The van der Waals surface area contributed by atoms with Crippen molar-refractivity contribution in [2.24, 2.45) is 0 Å². The Bertz CT molecular complexity index is 549. The van der Waals surface area contributed by atoms with Crippen molar-refractivity contribution in [3.05, 3.63) is 34.1 Å². The molecule has 1 heterocycles. The number of aromatic amines is 1. The number of anilines is 1. The van der Waals surface area contributed by atoms with E-state index in [2.05, 4.69) is 15.2 Å². The summed E-state index contributed by atoms with van der Waals surface area (Å²) in [5.41, 5.74) is 6.52. The average molecular weight is 219 g/mol.